The Morgan fingerprint density at radius 1 is 1.33 bits per heavy atom. The summed E-state index contributed by atoms with van der Waals surface area (Å²) in [5.41, 5.74) is 0.687. The molecule has 1 N–H and O–H groups in total. The Morgan fingerprint density at radius 2 is 2.17 bits per heavy atom. The fourth-order valence-electron chi connectivity index (χ4n) is 0.998. The van der Waals surface area contributed by atoms with Crippen LogP contribution in [0.15, 0.2) is 24.7 Å². The van der Waals surface area contributed by atoms with E-state index in [1.165, 1.54) is 12.4 Å². The zero-order valence-corrected chi connectivity index (χ0v) is 6.78. The molecule has 4 heteroatoms. The van der Waals surface area contributed by atoms with Crippen LogP contribution in [0.5, 0.6) is 5.75 Å². The van der Waals surface area contributed by atoms with Crippen molar-refractivity contribution in [2.24, 2.45) is 0 Å². The van der Waals surface area contributed by atoms with Crippen molar-refractivity contribution in [3.8, 4) is 5.75 Å². The molecule has 0 radical (unpaired) electrons. The second-order valence-corrected chi connectivity index (χ2v) is 2.75. The van der Waals surface area contributed by atoms with Crippen LogP contribution in [0.25, 0.3) is 10.9 Å². The van der Waals surface area contributed by atoms with E-state index in [0.29, 0.717) is 10.9 Å². The monoisotopic (exact) mass is 180 g/mol. The third kappa shape index (κ3) is 0.987. The van der Waals surface area contributed by atoms with Crippen LogP contribution in [0.1, 0.15) is 0 Å². The van der Waals surface area contributed by atoms with Crippen LogP contribution < -0.4 is 0 Å². The highest BCUT2D eigenvalue weighted by molar-refractivity contribution is 6.32. The summed E-state index contributed by atoms with van der Waals surface area (Å²) >= 11 is 5.65. The van der Waals surface area contributed by atoms with E-state index >= 15 is 0 Å². The van der Waals surface area contributed by atoms with Crippen molar-refractivity contribution >= 4 is 22.5 Å². The fourth-order valence-corrected chi connectivity index (χ4v) is 1.15. The molecule has 3 nitrogen and oxygen atoms in total. The average Bonchev–Trinajstić information content (AvgIpc) is 2.12. The van der Waals surface area contributed by atoms with E-state index in [4.69, 9.17) is 11.6 Å². The molecule has 0 fully saturated rings. The van der Waals surface area contributed by atoms with Crippen molar-refractivity contribution in [2.45, 2.75) is 0 Å². The number of aromatic nitrogens is 2. The number of hydrogen-bond donors (Lipinski definition) is 1. The van der Waals surface area contributed by atoms with Gasteiger partial charge in [0, 0.05) is 18.6 Å². The molecule has 2 heterocycles. The topological polar surface area (TPSA) is 46.0 Å². The Hall–Kier alpha value is -1.35. The third-order valence-corrected chi connectivity index (χ3v) is 1.87. The van der Waals surface area contributed by atoms with Gasteiger partial charge in [-0.3, -0.25) is 9.97 Å². The minimum absolute atomic E-state index is 0.0368. The van der Waals surface area contributed by atoms with Gasteiger partial charge in [-0.25, -0.2) is 0 Å². The lowest BCUT2D eigenvalue weighted by atomic mass is 10.2. The molecule has 0 aliphatic heterocycles. The van der Waals surface area contributed by atoms with Crippen molar-refractivity contribution in [1.82, 2.24) is 9.97 Å². The van der Waals surface area contributed by atoms with Gasteiger partial charge in [-0.1, -0.05) is 11.6 Å². The summed E-state index contributed by atoms with van der Waals surface area (Å²) < 4.78 is 0. The molecule has 0 saturated carbocycles. The predicted octanol–water partition coefficient (Wildman–Crippen LogP) is 1.99. The quantitative estimate of drug-likeness (QED) is 0.675. The van der Waals surface area contributed by atoms with Gasteiger partial charge < -0.3 is 5.11 Å². The first-order chi connectivity index (χ1) is 5.79. The Kier molecular flexibility index (Phi) is 1.59. The van der Waals surface area contributed by atoms with E-state index in [0.717, 1.165) is 0 Å². The van der Waals surface area contributed by atoms with Gasteiger partial charge in [-0.15, -0.1) is 0 Å². The van der Waals surface area contributed by atoms with Crippen LogP contribution in [0.2, 0.25) is 5.02 Å². The minimum Gasteiger partial charge on any atom is -0.506 e. The summed E-state index contributed by atoms with van der Waals surface area (Å²) in [5, 5.41) is 10.3. The largest absolute Gasteiger partial charge is 0.506 e. The van der Waals surface area contributed by atoms with E-state index in [9.17, 15) is 5.11 Å². The molecule has 2 aromatic rings. The smallest absolute Gasteiger partial charge is 0.146 e. The number of hydrogen-bond acceptors (Lipinski definition) is 3. The first kappa shape index (κ1) is 7.31. The van der Waals surface area contributed by atoms with Crippen molar-refractivity contribution in [3.05, 3.63) is 29.7 Å². The molecule has 0 bridgehead atoms. The summed E-state index contributed by atoms with van der Waals surface area (Å²) in [4.78, 5) is 7.87. The highest BCUT2D eigenvalue weighted by Crippen LogP contribution is 2.29. The Morgan fingerprint density at radius 3 is 3.00 bits per heavy atom. The fraction of sp³-hybridized carbons (Fsp3) is 0. The first-order valence-corrected chi connectivity index (χ1v) is 3.74. The molecule has 2 rings (SSSR count). The summed E-state index contributed by atoms with van der Waals surface area (Å²) in [7, 11) is 0. The van der Waals surface area contributed by atoms with E-state index in [-0.39, 0.29) is 10.8 Å². The number of aromatic hydroxyl groups is 1. The number of rotatable bonds is 0. The molecule has 2 aromatic heterocycles. The second kappa shape index (κ2) is 2.60. The lowest BCUT2D eigenvalue weighted by Crippen LogP contribution is -1.81. The standard InChI is InChI=1S/C8H5ClN2O/c9-6-4-11-7-1-2-10-3-5(7)8(6)12/h1-4H,(H,11,12). The number of fused-ring (bicyclic) bond motifs is 1. The van der Waals surface area contributed by atoms with E-state index < -0.39 is 0 Å². The molecule has 12 heavy (non-hydrogen) atoms. The third-order valence-electron chi connectivity index (χ3n) is 1.60. The molecular weight excluding hydrogens is 176 g/mol. The normalized spacial score (nSPS) is 10.4. The molecule has 0 aromatic carbocycles. The molecular formula is C8H5ClN2O. The number of nitrogens with zero attached hydrogens (tertiary/aromatic N) is 2. The van der Waals surface area contributed by atoms with E-state index in [1.807, 2.05) is 0 Å². The maximum Gasteiger partial charge on any atom is 0.146 e. The van der Waals surface area contributed by atoms with Crippen LogP contribution in [0.3, 0.4) is 0 Å². The van der Waals surface area contributed by atoms with Gasteiger partial charge >= 0.3 is 0 Å². The van der Waals surface area contributed by atoms with E-state index in [1.54, 1.807) is 12.3 Å². The number of pyridine rings is 2. The average molecular weight is 181 g/mol. The summed E-state index contributed by atoms with van der Waals surface area (Å²) in [5.74, 6) is 0.0368. The number of halogens is 1. The molecule has 0 aliphatic rings. The maximum atomic E-state index is 9.45. The van der Waals surface area contributed by atoms with Gasteiger partial charge in [0.1, 0.15) is 10.8 Å². The molecule has 0 aliphatic carbocycles. The SMILES string of the molecule is Oc1c(Cl)cnc2ccncc12. The Labute approximate surface area is 73.6 Å². The van der Waals surface area contributed by atoms with Crippen LogP contribution in [0, 0.1) is 0 Å². The highest BCUT2D eigenvalue weighted by atomic mass is 35.5. The minimum atomic E-state index is 0.0368. The van der Waals surface area contributed by atoms with Gasteiger partial charge in [0.15, 0.2) is 0 Å². The van der Waals surface area contributed by atoms with Crippen LogP contribution in [-0.4, -0.2) is 15.1 Å². The van der Waals surface area contributed by atoms with Gasteiger partial charge in [-0.05, 0) is 6.07 Å². The summed E-state index contributed by atoms with van der Waals surface area (Å²) in [6.07, 6.45) is 4.56. The highest BCUT2D eigenvalue weighted by Gasteiger charge is 2.03. The van der Waals surface area contributed by atoms with Crippen LogP contribution >= 0.6 is 11.6 Å². The van der Waals surface area contributed by atoms with Crippen molar-refractivity contribution < 1.29 is 5.11 Å². The summed E-state index contributed by atoms with van der Waals surface area (Å²) in [6, 6.07) is 1.71. The molecule has 0 spiro atoms. The lowest BCUT2D eigenvalue weighted by Gasteiger charge is -1.99. The van der Waals surface area contributed by atoms with Crippen molar-refractivity contribution in [1.29, 1.82) is 0 Å². The van der Waals surface area contributed by atoms with Crippen LogP contribution in [0.4, 0.5) is 0 Å². The molecule has 60 valence electrons. The van der Waals surface area contributed by atoms with Gasteiger partial charge in [-0.2, -0.15) is 0 Å². The molecule has 0 saturated heterocycles. The first-order valence-electron chi connectivity index (χ1n) is 3.36. The Bertz CT molecular complexity index is 430. The van der Waals surface area contributed by atoms with Crippen molar-refractivity contribution in [2.75, 3.05) is 0 Å². The molecule has 0 unspecified atom stereocenters. The van der Waals surface area contributed by atoms with Crippen LogP contribution in [-0.2, 0) is 0 Å². The Balaban J connectivity index is 2.91. The molecule has 0 atom stereocenters. The lowest BCUT2D eigenvalue weighted by molar-refractivity contribution is 0.481. The van der Waals surface area contributed by atoms with Gasteiger partial charge in [0.2, 0.25) is 0 Å². The maximum absolute atomic E-state index is 9.45. The van der Waals surface area contributed by atoms with Gasteiger partial charge in [0.05, 0.1) is 10.9 Å². The van der Waals surface area contributed by atoms with Crippen molar-refractivity contribution in [3.63, 3.8) is 0 Å². The zero-order valence-electron chi connectivity index (χ0n) is 6.03. The van der Waals surface area contributed by atoms with E-state index in [2.05, 4.69) is 9.97 Å². The second-order valence-electron chi connectivity index (χ2n) is 2.35. The zero-order chi connectivity index (χ0) is 8.55. The summed E-state index contributed by atoms with van der Waals surface area (Å²) in [6.45, 7) is 0. The molecule has 0 amide bonds. The predicted molar refractivity (Wildman–Crippen MR) is 46.2 cm³/mol. The van der Waals surface area contributed by atoms with Gasteiger partial charge in [0.25, 0.3) is 0 Å².